The number of benzene rings is 3. The van der Waals surface area contributed by atoms with Gasteiger partial charge >= 0.3 is 5.97 Å². The topological polar surface area (TPSA) is 66.0 Å². The Bertz CT molecular complexity index is 1240. The molecule has 1 aromatic heterocycles. The molecule has 0 amide bonds. The Balaban J connectivity index is 1.86. The van der Waals surface area contributed by atoms with E-state index in [2.05, 4.69) is 28.8 Å². The van der Waals surface area contributed by atoms with Crippen molar-refractivity contribution < 1.29 is 9.90 Å². The van der Waals surface area contributed by atoms with E-state index in [1.807, 2.05) is 48.7 Å². The third-order valence-corrected chi connectivity index (χ3v) is 4.69. The van der Waals surface area contributed by atoms with Gasteiger partial charge in [0.2, 0.25) is 0 Å². The van der Waals surface area contributed by atoms with Gasteiger partial charge in [-0.3, -0.25) is 0 Å². The molecule has 0 aliphatic carbocycles. The van der Waals surface area contributed by atoms with Crippen molar-refractivity contribution in [3.8, 4) is 6.07 Å². The first-order valence-electron chi connectivity index (χ1n) is 8.57. The largest absolute Gasteiger partial charge is 0.477 e. The van der Waals surface area contributed by atoms with Crippen molar-refractivity contribution in [2.45, 2.75) is 6.54 Å². The van der Waals surface area contributed by atoms with Crippen molar-refractivity contribution in [3.63, 3.8) is 0 Å². The number of carboxylic acid groups (broad SMARTS) is 1. The highest BCUT2D eigenvalue weighted by Crippen LogP contribution is 2.26. The van der Waals surface area contributed by atoms with E-state index in [0.29, 0.717) is 6.54 Å². The van der Waals surface area contributed by atoms with Crippen LogP contribution in [0, 0.1) is 11.3 Å². The van der Waals surface area contributed by atoms with Crippen LogP contribution >= 0.6 is 0 Å². The van der Waals surface area contributed by atoms with Gasteiger partial charge in [0, 0.05) is 29.2 Å². The van der Waals surface area contributed by atoms with Crippen LogP contribution in [-0.4, -0.2) is 15.6 Å². The van der Waals surface area contributed by atoms with E-state index in [-0.39, 0.29) is 5.57 Å². The van der Waals surface area contributed by atoms with Gasteiger partial charge in [0.25, 0.3) is 0 Å². The SMILES string of the molecule is N#C/C(=C\c1cn(Cc2cccc3ccccc23)c2ccccc12)C(=O)O. The van der Waals surface area contributed by atoms with Gasteiger partial charge in [-0.1, -0.05) is 60.7 Å². The third kappa shape index (κ3) is 3.07. The molecule has 0 aliphatic rings. The van der Waals surface area contributed by atoms with E-state index in [1.165, 1.54) is 22.4 Å². The van der Waals surface area contributed by atoms with Gasteiger partial charge in [-0.15, -0.1) is 0 Å². The van der Waals surface area contributed by atoms with Crippen LogP contribution < -0.4 is 0 Å². The summed E-state index contributed by atoms with van der Waals surface area (Å²) in [5.74, 6) is -1.22. The number of aromatic nitrogens is 1. The molecule has 0 bridgehead atoms. The van der Waals surface area contributed by atoms with Gasteiger partial charge in [0.05, 0.1) is 0 Å². The van der Waals surface area contributed by atoms with Crippen LogP contribution in [0.4, 0.5) is 0 Å². The summed E-state index contributed by atoms with van der Waals surface area (Å²) in [5.41, 5.74) is 2.63. The second-order valence-electron chi connectivity index (χ2n) is 6.34. The summed E-state index contributed by atoms with van der Waals surface area (Å²) in [4.78, 5) is 11.2. The van der Waals surface area contributed by atoms with Crippen molar-refractivity contribution in [1.82, 2.24) is 4.57 Å². The van der Waals surface area contributed by atoms with Crippen LogP contribution in [-0.2, 0) is 11.3 Å². The second-order valence-corrected chi connectivity index (χ2v) is 6.34. The molecule has 0 aliphatic heterocycles. The Labute approximate surface area is 156 Å². The molecule has 4 heteroatoms. The molecule has 1 heterocycles. The summed E-state index contributed by atoms with van der Waals surface area (Å²) in [7, 11) is 0. The van der Waals surface area contributed by atoms with Gasteiger partial charge in [-0.05, 0) is 28.5 Å². The number of para-hydroxylation sites is 1. The molecule has 0 saturated heterocycles. The fourth-order valence-electron chi connectivity index (χ4n) is 3.43. The Hall–Kier alpha value is -3.84. The summed E-state index contributed by atoms with van der Waals surface area (Å²) >= 11 is 0. The van der Waals surface area contributed by atoms with E-state index in [9.17, 15) is 4.79 Å². The van der Waals surface area contributed by atoms with Gasteiger partial charge in [-0.2, -0.15) is 5.26 Å². The maximum atomic E-state index is 11.2. The fourth-order valence-corrected chi connectivity index (χ4v) is 3.43. The van der Waals surface area contributed by atoms with Crippen LogP contribution in [0.2, 0.25) is 0 Å². The number of nitrogens with zero attached hydrogens (tertiary/aromatic N) is 2. The van der Waals surface area contributed by atoms with Crippen molar-refractivity contribution in [1.29, 1.82) is 5.26 Å². The number of carboxylic acids is 1. The summed E-state index contributed by atoms with van der Waals surface area (Å²) in [6.07, 6.45) is 3.34. The van der Waals surface area contributed by atoms with E-state index >= 15 is 0 Å². The van der Waals surface area contributed by atoms with Gasteiger partial charge < -0.3 is 9.67 Å². The molecule has 1 N–H and O–H groups in total. The molecule has 4 rings (SSSR count). The minimum absolute atomic E-state index is 0.275. The number of fused-ring (bicyclic) bond motifs is 2. The Kier molecular flexibility index (Phi) is 4.19. The van der Waals surface area contributed by atoms with E-state index < -0.39 is 5.97 Å². The summed E-state index contributed by atoms with van der Waals surface area (Å²) in [6.45, 7) is 0.657. The lowest BCUT2D eigenvalue weighted by molar-refractivity contribution is -0.132. The molecular weight excluding hydrogens is 336 g/mol. The highest BCUT2D eigenvalue weighted by atomic mass is 16.4. The van der Waals surface area contributed by atoms with E-state index in [1.54, 1.807) is 6.07 Å². The highest BCUT2D eigenvalue weighted by molar-refractivity contribution is 6.00. The van der Waals surface area contributed by atoms with E-state index in [4.69, 9.17) is 10.4 Å². The molecule has 0 saturated carbocycles. The average Bonchev–Trinajstić information content (AvgIpc) is 3.04. The molecule has 27 heavy (non-hydrogen) atoms. The lowest BCUT2D eigenvalue weighted by Gasteiger charge is -2.09. The number of hydrogen-bond donors (Lipinski definition) is 1. The number of hydrogen-bond acceptors (Lipinski definition) is 2. The molecular formula is C23H16N2O2. The first-order valence-corrected chi connectivity index (χ1v) is 8.57. The van der Waals surface area contributed by atoms with Crippen LogP contribution in [0.25, 0.3) is 27.8 Å². The second kappa shape index (κ2) is 6.81. The fraction of sp³-hybridized carbons (Fsp3) is 0.0435. The number of nitriles is 1. The average molecular weight is 352 g/mol. The highest BCUT2D eigenvalue weighted by Gasteiger charge is 2.12. The van der Waals surface area contributed by atoms with E-state index in [0.717, 1.165) is 16.5 Å². The number of rotatable bonds is 4. The third-order valence-electron chi connectivity index (χ3n) is 4.69. The van der Waals surface area contributed by atoms with Gasteiger partial charge in [0.15, 0.2) is 0 Å². The first kappa shape index (κ1) is 16.6. The summed E-state index contributed by atoms with van der Waals surface area (Å²) in [6, 6.07) is 24.0. The van der Waals surface area contributed by atoms with Crippen molar-refractivity contribution >= 4 is 33.7 Å². The lowest BCUT2D eigenvalue weighted by atomic mass is 10.0. The molecule has 3 aromatic carbocycles. The molecule has 4 nitrogen and oxygen atoms in total. The first-order chi connectivity index (χ1) is 13.2. The molecule has 130 valence electrons. The van der Waals surface area contributed by atoms with Crippen LogP contribution in [0.1, 0.15) is 11.1 Å². The Morgan fingerprint density at radius 3 is 2.48 bits per heavy atom. The number of carbonyl (C=O) groups is 1. The minimum atomic E-state index is -1.22. The Morgan fingerprint density at radius 2 is 1.70 bits per heavy atom. The summed E-state index contributed by atoms with van der Waals surface area (Å²) in [5, 5.41) is 21.6. The lowest BCUT2D eigenvalue weighted by Crippen LogP contribution is -1.99. The summed E-state index contributed by atoms with van der Waals surface area (Å²) < 4.78 is 2.10. The molecule has 0 radical (unpaired) electrons. The van der Waals surface area contributed by atoms with Gasteiger partial charge in [0.1, 0.15) is 11.6 Å². The predicted octanol–water partition coefficient (Wildman–Crippen LogP) is 4.83. The zero-order chi connectivity index (χ0) is 18.8. The molecule has 4 aromatic rings. The monoisotopic (exact) mass is 352 g/mol. The van der Waals surface area contributed by atoms with Gasteiger partial charge in [-0.25, -0.2) is 4.79 Å². The van der Waals surface area contributed by atoms with Crippen molar-refractivity contribution in [2.24, 2.45) is 0 Å². The van der Waals surface area contributed by atoms with Crippen molar-refractivity contribution in [2.75, 3.05) is 0 Å². The van der Waals surface area contributed by atoms with Crippen molar-refractivity contribution in [3.05, 3.63) is 89.6 Å². The quantitative estimate of drug-likeness (QED) is 0.422. The minimum Gasteiger partial charge on any atom is -0.477 e. The predicted molar refractivity (Wildman–Crippen MR) is 106 cm³/mol. The Morgan fingerprint density at radius 1 is 1.00 bits per heavy atom. The smallest absolute Gasteiger partial charge is 0.346 e. The molecule has 0 spiro atoms. The zero-order valence-corrected chi connectivity index (χ0v) is 14.5. The molecule has 0 unspecified atom stereocenters. The molecule has 0 atom stereocenters. The zero-order valence-electron chi connectivity index (χ0n) is 14.5. The van der Waals surface area contributed by atoms with Crippen LogP contribution in [0.5, 0.6) is 0 Å². The maximum Gasteiger partial charge on any atom is 0.346 e. The number of aliphatic carboxylic acids is 1. The van der Waals surface area contributed by atoms with Crippen LogP contribution in [0.15, 0.2) is 78.5 Å². The standard InChI is InChI=1S/C23H16N2O2/c24-13-18(23(26)27)12-19-15-25(22-11-4-3-10-21(19)22)14-17-8-5-7-16-6-1-2-9-20(16)17/h1-12,15H,14H2,(H,26,27)/b18-12+. The maximum absolute atomic E-state index is 11.2. The normalized spacial score (nSPS) is 11.6. The molecule has 0 fully saturated rings. The van der Waals surface area contributed by atoms with Crippen LogP contribution in [0.3, 0.4) is 0 Å².